The quantitative estimate of drug-likeness (QED) is 0.343. The summed E-state index contributed by atoms with van der Waals surface area (Å²) >= 11 is 0. The zero-order chi connectivity index (χ0) is 24.3. The van der Waals surface area contributed by atoms with Crippen molar-refractivity contribution in [3.05, 3.63) is 88.6 Å². The Morgan fingerprint density at radius 2 is 1.63 bits per heavy atom. The summed E-state index contributed by atoms with van der Waals surface area (Å²) in [5, 5.41) is 0. The van der Waals surface area contributed by atoms with Crippen LogP contribution in [-0.4, -0.2) is 46.3 Å². The van der Waals surface area contributed by atoms with E-state index in [1.54, 1.807) is 4.57 Å². The van der Waals surface area contributed by atoms with Crippen molar-refractivity contribution in [3.63, 3.8) is 0 Å². The van der Waals surface area contributed by atoms with Gasteiger partial charge < -0.3 is 9.22 Å². The highest BCUT2D eigenvalue weighted by Crippen LogP contribution is 2.47. The number of imidazole rings is 1. The largest absolute Gasteiger partial charge is 0.469 e. The number of carbonyl (C=O) groups is 1. The van der Waals surface area contributed by atoms with E-state index >= 15 is 0 Å². The molecule has 6 nitrogen and oxygen atoms in total. The summed E-state index contributed by atoms with van der Waals surface area (Å²) in [6, 6.07) is 18.8. The fourth-order valence-corrected chi connectivity index (χ4v) is 6.03. The first-order valence-corrected chi connectivity index (χ1v) is 12.8. The van der Waals surface area contributed by atoms with E-state index in [0.29, 0.717) is 18.3 Å². The molecule has 35 heavy (non-hydrogen) atoms. The van der Waals surface area contributed by atoms with Gasteiger partial charge in [0, 0.05) is 50.2 Å². The van der Waals surface area contributed by atoms with Crippen molar-refractivity contribution < 1.29 is 14.0 Å². The number of ether oxygens (including phenoxy) is 1. The average molecular weight is 475 g/mol. The first kappa shape index (κ1) is 23.6. The third kappa shape index (κ3) is 5.13. The molecule has 184 valence electrons. The molecule has 4 heterocycles. The molecule has 0 radical (unpaired) electrons. The number of hydrogen-bond acceptors (Lipinski definition) is 3. The third-order valence-corrected chi connectivity index (χ3v) is 8.50. The van der Waals surface area contributed by atoms with E-state index in [2.05, 4.69) is 30.3 Å². The van der Waals surface area contributed by atoms with Crippen LogP contribution in [-0.2, 0) is 29.0 Å². The van der Waals surface area contributed by atoms with Crippen LogP contribution in [0.4, 0.5) is 0 Å². The normalized spacial score (nSPS) is 23.3. The molecule has 0 aliphatic carbocycles. The molecule has 1 aromatic heterocycles. The monoisotopic (exact) mass is 474 g/mol. The Labute approximate surface area is 207 Å². The van der Waals surface area contributed by atoms with E-state index in [1.165, 1.54) is 56.1 Å². The molecule has 0 unspecified atom stereocenters. The molecule has 0 N–H and O–H groups in total. The Bertz CT molecular complexity index is 1190. The van der Waals surface area contributed by atoms with Gasteiger partial charge in [0.2, 0.25) is 0 Å². The molecule has 6 heteroatoms. The number of methoxy groups -OCH3 is 1. The second kappa shape index (κ2) is 9.86. The second-order valence-electron chi connectivity index (χ2n) is 10.5. The Morgan fingerprint density at radius 1 is 0.943 bits per heavy atom. The maximum atomic E-state index is 13.1. The van der Waals surface area contributed by atoms with E-state index in [0.717, 1.165) is 30.8 Å². The van der Waals surface area contributed by atoms with Crippen molar-refractivity contribution >= 4 is 5.97 Å². The van der Waals surface area contributed by atoms with Crippen LogP contribution >= 0.6 is 0 Å². The van der Waals surface area contributed by atoms with E-state index in [9.17, 15) is 9.59 Å². The van der Waals surface area contributed by atoms with Gasteiger partial charge in [-0.2, -0.15) is 0 Å². The minimum absolute atomic E-state index is 0.0181. The lowest BCUT2D eigenvalue weighted by Gasteiger charge is -2.55. The Morgan fingerprint density at radius 3 is 2.29 bits per heavy atom. The van der Waals surface area contributed by atoms with E-state index in [4.69, 9.17) is 4.74 Å². The number of fused-ring (bicyclic) bond motifs is 3. The molecule has 6 rings (SSSR count). The fourth-order valence-electron chi connectivity index (χ4n) is 6.03. The molecule has 3 aliphatic rings. The van der Waals surface area contributed by atoms with Crippen LogP contribution in [0.3, 0.4) is 0 Å². The minimum atomic E-state index is -0.210. The van der Waals surface area contributed by atoms with Gasteiger partial charge in [-0.05, 0) is 36.0 Å². The fraction of sp³-hybridized carbons (Fsp3) is 0.448. The van der Waals surface area contributed by atoms with Gasteiger partial charge in [0.15, 0.2) is 0 Å². The summed E-state index contributed by atoms with van der Waals surface area (Å²) in [6.07, 6.45) is 9.66. The molecule has 3 fully saturated rings. The van der Waals surface area contributed by atoms with Crippen molar-refractivity contribution in [2.45, 2.75) is 51.6 Å². The molecule has 0 atom stereocenters. The number of nitrogens with zero attached hydrogens (tertiary/aromatic N) is 3. The molecule has 3 aromatic rings. The number of quaternary nitrogens is 1. The lowest BCUT2D eigenvalue weighted by atomic mass is 9.68. The molecule has 0 spiro atoms. The molecule has 0 amide bonds. The molecule has 3 saturated heterocycles. The Balaban J connectivity index is 1.18. The van der Waals surface area contributed by atoms with Crippen LogP contribution in [0.2, 0.25) is 0 Å². The summed E-state index contributed by atoms with van der Waals surface area (Å²) in [6.45, 7) is 5.70. The zero-order valence-electron chi connectivity index (χ0n) is 20.7. The van der Waals surface area contributed by atoms with Crippen molar-refractivity contribution in [3.8, 4) is 5.69 Å². The maximum Gasteiger partial charge on any atom is 0.332 e. The zero-order valence-corrected chi connectivity index (χ0v) is 20.7. The van der Waals surface area contributed by atoms with Crippen molar-refractivity contribution in [2.24, 2.45) is 5.41 Å². The van der Waals surface area contributed by atoms with Crippen LogP contribution < -0.4 is 5.69 Å². The van der Waals surface area contributed by atoms with Gasteiger partial charge in [-0.15, -0.1) is 0 Å². The standard InChI is InChI=1S/C29H36N3O3/c1-35-27(33)12-9-24-7-10-26(11-8-24)31-19-18-30(28(31)34)17-13-29-14-20-32(21-15-29,22-16-29)23-25-5-3-2-4-6-25/h2-8,10-11,18-19H,9,12-17,20-23H2,1H3/q+1. The number of benzene rings is 2. The predicted octanol–water partition coefficient (Wildman–Crippen LogP) is 4.34. The minimum Gasteiger partial charge on any atom is -0.469 e. The van der Waals surface area contributed by atoms with Gasteiger partial charge in [-0.1, -0.05) is 42.5 Å². The lowest BCUT2D eigenvalue weighted by Crippen LogP contribution is -2.61. The first-order valence-electron chi connectivity index (χ1n) is 12.8. The van der Waals surface area contributed by atoms with Crippen LogP contribution in [0.1, 0.15) is 43.2 Å². The Hall–Kier alpha value is -3.12. The van der Waals surface area contributed by atoms with Crippen molar-refractivity contribution in [2.75, 3.05) is 26.7 Å². The van der Waals surface area contributed by atoms with Crippen LogP contribution in [0.15, 0.2) is 71.8 Å². The summed E-state index contributed by atoms with van der Waals surface area (Å²) in [4.78, 5) is 24.5. The van der Waals surface area contributed by atoms with Gasteiger partial charge in [0.05, 0.1) is 32.4 Å². The number of aromatic nitrogens is 2. The Kier molecular flexibility index (Phi) is 6.65. The molecule has 2 bridgehead atoms. The molecule has 2 aromatic carbocycles. The van der Waals surface area contributed by atoms with E-state index in [1.807, 2.05) is 41.2 Å². The van der Waals surface area contributed by atoms with Gasteiger partial charge in [0.25, 0.3) is 0 Å². The number of piperidine rings is 3. The number of aryl methyl sites for hydroxylation is 2. The molecular weight excluding hydrogens is 438 g/mol. The SMILES string of the molecule is COC(=O)CCc1ccc(-n2ccn(CCC34CC[N+](Cc5ccccc5)(CC3)CC4)c2=O)cc1. The molecular formula is C29H36N3O3+. The van der Waals surface area contributed by atoms with Crippen LogP contribution in [0.25, 0.3) is 5.69 Å². The summed E-state index contributed by atoms with van der Waals surface area (Å²) in [5.41, 5.74) is 3.77. The van der Waals surface area contributed by atoms with Crippen LogP contribution in [0.5, 0.6) is 0 Å². The number of carbonyl (C=O) groups excluding carboxylic acids is 1. The smallest absolute Gasteiger partial charge is 0.332 e. The molecule has 3 aliphatic heterocycles. The predicted molar refractivity (Wildman–Crippen MR) is 136 cm³/mol. The third-order valence-electron chi connectivity index (χ3n) is 8.50. The van der Waals surface area contributed by atoms with Crippen molar-refractivity contribution in [1.29, 1.82) is 0 Å². The molecule has 0 saturated carbocycles. The maximum absolute atomic E-state index is 13.1. The topological polar surface area (TPSA) is 53.2 Å². The van der Waals surface area contributed by atoms with E-state index in [-0.39, 0.29) is 11.7 Å². The highest BCUT2D eigenvalue weighted by atomic mass is 16.5. The van der Waals surface area contributed by atoms with Gasteiger partial charge in [0.1, 0.15) is 6.54 Å². The highest BCUT2D eigenvalue weighted by Gasteiger charge is 2.48. The van der Waals surface area contributed by atoms with Gasteiger partial charge >= 0.3 is 11.7 Å². The first-order chi connectivity index (χ1) is 17.0. The van der Waals surface area contributed by atoms with Crippen LogP contribution in [0, 0.1) is 5.41 Å². The number of rotatable bonds is 9. The highest BCUT2D eigenvalue weighted by molar-refractivity contribution is 5.69. The lowest BCUT2D eigenvalue weighted by molar-refractivity contribution is -0.957. The summed E-state index contributed by atoms with van der Waals surface area (Å²) in [7, 11) is 1.41. The van der Waals surface area contributed by atoms with E-state index < -0.39 is 0 Å². The van der Waals surface area contributed by atoms with Gasteiger partial charge in [-0.25, -0.2) is 4.79 Å². The second-order valence-corrected chi connectivity index (χ2v) is 10.5. The number of hydrogen-bond donors (Lipinski definition) is 0. The van der Waals surface area contributed by atoms with Gasteiger partial charge in [-0.3, -0.25) is 13.9 Å². The van der Waals surface area contributed by atoms with Crippen molar-refractivity contribution in [1.82, 2.24) is 9.13 Å². The average Bonchev–Trinajstić information content (AvgIpc) is 3.28. The number of esters is 1. The summed E-state index contributed by atoms with van der Waals surface area (Å²) in [5.74, 6) is -0.210. The summed E-state index contributed by atoms with van der Waals surface area (Å²) < 4.78 is 9.53.